The molecule has 2 N–H and O–H groups in total. The highest BCUT2D eigenvalue weighted by Gasteiger charge is 2.19. The van der Waals surface area contributed by atoms with Gasteiger partial charge in [-0.05, 0) is 6.42 Å². The van der Waals surface area contributed by atoms with Crippen LogP contribution in [0.1, 0.15) is 33.6 Å². The van der Waals surface area contributed by atoms with Gasteiger partial charge in [0, 0.05) is 5.92 Å². The lowest BCUT2D eigenvalue weighted by molar-refractivity contribution is -0.142. The summed E-state index contributed by atoms with van der Waals surface area (Å²) in [6.45, 7) is 5.36. The zero-order chi connectivity index (χ0) is 10.4. The summed E-state index contributed by atoms with van der Waals surface area (Å²) in [7, 11) is 0. The van der Waals surface area contributed by atoms with Crippen molar-refractivity contribution in [1.82, 2.24) is 5.32 Å². The van der Waals surface area contributed by atoms with Gasteiger partial charge >= 0.3 is 5.97 Å². The molecule has 0 aromatic carbocycles. The molecule has 0 aromatic heterocycles. The molecular weight excluding hydrogens is 170 g/mol. The Labute approximate surface area is 78.3 Å². The molecular formula is C9H17NO3. The van der Waals surface area contributed by atoms with E-state index in [1.165, 1.54) is 0 Å². The standard InChI is InChI=1S/C9H17NO3/c1-4-5-7(9(12)13)10-8(11)6(2)3/h6-7H,4-5H2,1-3H3,(H,10,11)(H,12,13)/t7-/m1/s1. The van der Waals surface area contributed by atoms with Crippen LogP contribution in [0.3, 0.4) is 0 Å². The van der Waals surface area contributed by atoms with Crippen molar-refractivity contribution in [3.63, 3.8) is 0 Å². The highest BCUT2D eigenvalue weighted by molar-refractivity contribution is 5.84. The molecule has 0 saturated heterocycles. The van der Waals surface area contributed by atoms with E-state index in [-0.39, 0.29) is 11.8 Å². The topological polar surface area (TPSA) is 66.4 Å². The van der Waals surface area contributed by atoms with Crippen LogP contribution in [-0.4, -0.2) is 23.0 Å². The Morgan fingerprint density at radius 2 is 1.92 bits per heavy atom. The van der Waals surface area contributed by atoms with Gasteiger partial charge in [-0.15, -0.1) is 0 Å². The van der Waals surface area contributed by atoms with Crippen LogP contribution in [0.15, 0.2) is 0 Å². The number of hydrogen-bond donors (Lipinski definition) is 2. The third-order valence-corrected chi connectivity index (χ3v) is 1.72. The van der Waals surface area contributed by atoms with Crippen molar-refractivity contribution in [1.29, 1.82) is 0 Å². The summed E-state index contributed by atoms with van der Waals surface area (Å²) in [5, 5.41) is 11.2. The fourth-order valence-corrected chi connectivity index (χ4v) is 0.884. The molecule has 0 bridgehead atoms. The Morgan fingerprint density at radius 1 is 1.38 bits per heavy atom. The number of carbonyl (C=O) groups excluding carboxylic acids is 1. The molecule has 76 valence electrons. The number of rotatable bonds is 5. The molecule has 4 heteroatoms. The largest absolute Gasteiger partial charge is 0.480 e. The molecule has 0 aliphatic carbocycles. The number of carboxylic acid groups (broad SMARTS) is 1. The molecule has 0 unspecified atom stereocenters. The van der Waals surface area contributed by atoms with E-state index >= 15 is 0 Å². The van der Waals surface area contributed by atoms with E-state index in [9.17, 15) is 9.59 Å². The summed E-state index contributed by atoms with van der Waals surface area (Å²) in [6, 6.07) is -0.736. The van der Waals surface area contributed by atoms with E-state index < -0.39 is 12.0 Å². The third-order valence-electron chi connectivity index (χ3n) is 1.72. The van der Waals surface area contributed by atoms with Crippen molar-refractivity contribution in [2.24, 2.45) is 5.92 Å². The number of aliphatic carboxylic acids is 1. The molecule has 4 nitrogen and oxygen atoms in total. The van der Waals surface area contributed by atoms with Crippen molar-refractivity contribution >= 4 is 11.9 Å². The summed E-state index contributed by atoms with van der Waals surface area (Å²) in [6.07, 6.45) is 1.23. The summed E-state index contributed by atoms with van der Waals surface area (Å²) in [5.41, 5.74) is 0. The monoisotopic (exact) mass is 187 g/mol. The first-order chi connectivity index (χ1) is 5.99. The van der Waals surface area contributed by atoms with Crippen LogP contribution in [0.2, 0.25) is 0 Å². The SMILES string of the molecule is CCC[C@@H](NC(=O)C(C)C)C(=O)O. The Bertz CT molecular complexity index is 189. The Balaban J connectivity index is 4.10. The first kappa shape index (κ1) is 11.9. The van der Waals surface area contributed by atoms with Gasteiger partial charge in [0.2, 0.25) is 5.91 Å². The van der Waals surface area contributed by atoms with Crippen molar-refractivity contribution in [3.8, 4) is 0 Å². The van der Waals surface area contributed by atoms with Crippen molar-refractivity contribution in [2.75, 3.05) is 0 Å². The molecule has 0 saturated carbocycles. The number of hydrogen-bond acceptors (Lipinski definition) is 2. The maximum atomic E-state index is 11.2. The normalized spacial score (nSPS) is 12.6. The maximum absolute atomic E-state index is 11.2. The fraction of sp³-hybridized carbons (Fsp3) is 0.778. The van der Waals surface area contributed by atoms with E-state index in [2.05, 4.69) is 5.32 Å². The summed E-state index contributed by atoms with van der Waals surface area (Å²) >= 11 is 0. The average Bonchev–Trinajstić information content (AvgIpc) is 2.03. The zero-order valence-corrected chi connectivity index (χ0v) is 8.33. The van der Waals surface area contributed by atoms with Gasteiger partial charge in [-0.1, -0.05) is 27.2 Å². The third kappa shape index (κ3) is 4.50. The first-order valence-corrected chi connectivity index (χ1v) is 4.52. The number of amides is 1. The Morgan fingerprint density at radius 3 is 2.23 bits per heavy atom. The van der Waals surface area contributed by atoms with E-state index in [4.69, 9.17) is 5.11 Å². The van der Waals surface area contributed by atoms with Crippen LogP contribution in [0.5, 0.6) is 0 Å². The zero-order valence-electron chi connectivity index (χ0n) is 8.33. The highest BCUT2D eigenvalue weighted by atomic mass is 16.4. The Kier molecular flexibility index (Phi) is 5.11. The van der Waals surface area contributed by atoms with E-state index in [1.807, 2.05) is 6.92 Å². The van der Waals surface area contributed by atoms with Crippen LogP contribution >= 0.6 is 0 Å². The maximum Gasteiger partial charge on any atom is 0.326 e. The van der Waals surface area contributed by atoms with Crippen LogP contribution in [-0.2, 0) is 9.59 Å². The van der Waals surface area contributed by atoms with Gasteiger partial charge in [0.15, 0.2) is 0 Å². The second-order valence-electron chi connectivity index (χ2n) is 3.34. The van der Waals surface area contributed by atoms with Gasteiger partial charge in [-0.3, -0.25) is 4.79 Å². The van der Waals surface area contributed by atoms with E-state index in [0.29, 0.717) is 6.42 Å². The van der Waals surface area contributed by atoms with Gasteiger partial charge in [-0.2, -0.15) is 0 Å². The quantitative estimate of drug-likeness (QED) is 0.675. The predicted molar refractivity (Wildman–Crippen MR) is 49.3 cm³/mol. The minimum atomic E-state index is -0.962. The molecule has 0 fully saturated rings. The molecule has 1 atom stereocenters. The van der Waals surface area contributed by atoms with Crippen LogP contribution < -0.4 is 5.32 Å². The van der Waals surface area contributed by atoms with Crippen molar-refractivity contribution in [2.45, 2.75) is 39.7 Å². The molecule has 0 aliphatic heterocycles. The van der Waals surface area contributed by atoms with Gasteiger partial charge in [0.05, 0.1) is 0 Å². The molecule has 1 amide bonds. The molecule has 0 aliphatic rings. The molecule has 0 spiro atoms. The first-order valence-electron chi connectivity index (χ1n) is 4.52. The lowest BCUT2D eigenvalue weighted by Gasteiger charge is -2.14. The smallest absolute Gasteiger partial charge is 0.326 e. The molecule has 0 rings (SSSR count). The average molecular weight is 187 g/mol. The molecule has 0 radical (unpaired) electrons. The van der Waals surface area contributed by atoms with Crippen molar-refractivity contribution in [3.05, 3.63) is 0 Å². The number of carbonyl (C=O) groups is 2. The summed E-state index contributed by atoms with van der Waals surface area (Å²) < 4.78 is 0. The van der Waals surface area contributed by atoms with Crippen LogP contribution in [0.4, 0.5) is 0 Å². The van der Waals surface area contributed by atoms with Gasteiger partial charge in [0.1, 0.15) is 6.04 Å². The van der Waals surface area contributed by atoms with E-state index in [1.54, 1.807) is 13.8 Å². The number of nitrogens with one attached hydrogen (secondary N) is 1. The fourth-order valence-electron chi connectivity index (χ4n) is 0.884. The second-order valence-corrected chi connectivity index (χ2v) is 3.34. The molecule has 0 heterocycles. The summed E-state index contributed by atoms with van der Waals surface area (Å²) in [5.74, 6) is -1.34. The molecule has 0 aromatic rings. The molecule has 13 heavy (non-hydrogen) atoms. The lowest BCUT2D eigenvalue weighted by Crippen LogP contribution is -2.42. The van der Waals surface area contributed by atoms with Crippen LogP contribution in [0.25, 0.3) is 0 Å². The summed E-state index contributed by atoms with van der Waals surface area (Å²) in [4.78, 5) is 21.8. The lowest BCUT2D eigenvalue weighted by atomic mass is 10.1. The second kappa shape index (κ2) is 5.56. The number of carboxylic acids is 1. The highest BCUT2D eigenvalue weighted by Crippen LogP contribution is 1.99. The Hall–Kier alpha value is -1.06. The van der Waals surface area contributed by atoms with Gasteiger partial charge in [-0.25, -0.2) is 4.79 Å². The minimum Gasteiger partial charge on any atom is -0.480 e. The van der Waals surface area contributed by atoms with Crippen molar-refractivity contribution < 1.29 is 14.7 Å². The predicted octanol–water partition coefficient (Wildman–Crippen LogP) is 1.01. The minimum absolute atomic E-state index is 0.168. The van der Waals surface area contributed by atoms with Crippen LogP contribution in [0, 0.1) is 5.92 Å². The van der Waals surface area contributed by atoms with E-state index in [0.717, 1.165) is 6.42 Å². The van der Waals surface area contributed by atoms with Gasteiger partial charge in [0.25, 0.3) is 0 Å². The van der Waals surface area contributed by atoms with Gasteiger partial charge < -0.3 is 10.4 Å².